The topological polar surface area (TPSA) is 12.0 Å². The Kier molecular flexibility index (Phi) is 3.24. The van der Waals surface area contributed by atoms with E-state index < -0.39 is 0 Å². The number of hydrogen-bond acceptors (Lipinski definition) is 1. The zero-order chi connectivity index (χ0) is 9.97. The van der Waals surface area contributed by atoms with Crippen molar-refractivity contribution < 1.29 is 0 Å². The molecular formula is C12H16BrN. The van der Waals surface area contributed by atoms with Gasteiger partial charge in [-0.05, 0) is 43.0 Å². The second kappa shape index (κ2) is 4.45. The van der Waals surface area contributed by atoms with Crippen LogP contribution in [0.2, 0.25) is 0 Å². The van der Waals surface area contributed by atoms with Gasteiger partial charge in [0.25, 0.3) is 0 Å². The van der Waals surface area contributed by atoms with Crippen molar-refractivity contribution in [2.75, 3.05) is 6.54 Å². The molecule has 1 aromatic carbocycles. The maximum absolute atomic E-state index is 3.56. The van der Waals surface area contributed by atoms with Gasteiger partial charge in [-0.1, -0.05) is 35.0 Å². The van der Waals surface area contributed by atoms with E-state index in [1.807, 2.05) is 0 Å². The number of rotatable bonds is 2. The first-order valence-electron chi connectivity index (χ1n) is 5.23. The van der Waals surface area contributed by atoms with E-state index in [4.69, 9.17) is 0 Å². The minimum absolute atomic E-state index is 0.677. The third kappa shape index (κ3) is 2.37. The first kappa shape index (κ1) is 10.2. The molecule has 2 atom stereocenters. The van der Waals surface area contributed by atoms with E-state index in [1.54, 1.807) is 0 Å². The van der Waals surface area contributed by atoms with Gasteiger partial charge in [0.05, 0.1) is 0 Å². The maximum Gasteiger partial charge on any atom is 0.0175 e. The molecule has 1 aliphatic heterocycles. The van der Waals surface area contributed by atoms with E-state index in [-0.39, 0.29) is 0 Å². The standard InChI is InChI=1S/C12H16BrN/c1-9-6-7-14-12(9)8-10-2-4-11(13)5-3-10/h2-5,9,12,14H,6-8H2,1H3. The first-order chi connectivity index (χ1) is 6.75. The molecule has 0 aromatic heterocycles. The molecule has 2 heteroatoms. The molecule has 1 heterocycles. The SMILES string of the molecule is CC1CCNC1Cc1ccc(Br)cc1. The second-order valence-corrected chi connectivity index (χ2v) is 5.07. The van der Waals surface area contributed by atoms with Crippen LogP contribution < -0.4 is 5.32 Å². The van der Waals surface area contributed by atoms with Gasteiger partial charge in [-0.2, -0.15) is 0 Å². The van der Waals surface area contributed by atoms with Crippen LogP contribution in [0.25, 0.3) is 0 Å². The van der Waals surface area contributed by atoms with Crippen molar-refractivity contribution in [2.24, 2.45) is 5.92 Å². The summed E-state index contributed by atoms with van der Waals surface area (Å²) in [5.41, 5.74) is 1.43. The lowest BCUT2D eigenvalue weighted by Gasteiger charge is -2.15. The molecule has 1 fully saturated rings. The van der Waals surface area contributed by atoms with Crippen LogP contribution in [0.5, 0.6) is 0 Å². The first-order valence-corrected chi connectivity index (χ1v) is 6.03. The average Bonchev–Trinajstić information content (AvgIpc) is 2.56. The summed E-state index contributed by atoms with van der Waals surface area (Å²) < 4.78 is 1.16. The minimum Gasteiger partial charge on any atom is -0.313 e. The van der Waals surface area contributed by atoms with Gasteiger partial charge in [0, 0.05) is 10.5 Å². The summed E-state index contributed by atoms with van der Waals surface area (Å²) in [5, 5.41) is 3.56. The van der Waals surface area contributed by atoms with E-state index in [0.717, 1.165) is 16.8 Å². The lowest BCUT2D eigenvalue weighted by Crippen LogP contribution is -2.27. The summed E-state index contributed by atoms with van der Waals surface area (Å²) in [6.07, 6.45) is 2.48. The zero-order valence-electron chi connectivity index (χ0n) is 8.46. The predicted molar refractivity (Wildman–Crippen MR) is 63.4 cm³/mol. The largest absolute Gasteiger partial charge is 0.313 e. The van der Waals surface area contributed by atoms with Gasteiger partial charge in [-0.25, -0.2) is 0 Å². The van der Waals surface area contributed by atoms with Crippen molar-refractivity contribution in [3.63, 3.8) is 0 Å². The molecule has 2 rings (SSSR count). The highest BCUT2D eigenvalue weighted by molar-refractivity contribution is 9.10. The Bertz CT molecular complexity index is 294. The van der Waals surface area contributed by atoms with Gasteiger partial charge in [-0.3, -0.25) is 0 Å². The molecule has 1 N–H and O–H groups in total. The van der Waals surface area contributed by atoms with Crippen molar-refractivity contribution in [3.8, 4) is 0 Å². The molecule has 1 aromatic rings. The summed E-state index contributed by atoms with van der Waals surface area (Å²) >= 11 is 3.45. The van der Waals surface area contributed by atoms with E-state index in [9.17, 15) is 0 Å². The van der Waals surface area contributed by atoms with Gasteiger partial charge < -0.3 is 5.32 Å². The third-order valence-electron chi connectivity index (χ3n) is 3.06. The van der Waals surface area contributed by atoms with Crippen molar-refractivity contribution >= 4 is 15.9 Å². The van der Waals surface area contributed by atoms with Gasteiger partial charge in [-0.15, -0.1) is 0 Å². The van der Waals surface area contributed by atoms with E-state index >= 15 is 0 Å². The summed E-state index contributed by atoms with van der Waals surface area (Å²) in [6, 6.07) is 9.33. The summed E-state index contributed by atoms with van der Waals surface area (Å²) in [6.45, 7) is 3.52. The summed E-state index contributed by atoms with van der Waals surface area (Å²) in [4.78, 5) is 0. The molecular weight excluding hydrogens is 238 g/mol. The Morgan fingerprint density at radius 3 is 2.64 bits per heavy atom. The third-order valence-corrected chi connectivity index (χ3v) is 3.59. The van der Waals surface area contributed by atoms with Crippen LogP contribution in [-0.4, -0.2) is 12.6 Å². The van der Waals surface area contributed by atoms with E-state index in [1.165, 1.54) is 18.5 Å². The van der Waals surface area contributed by atoms with Crippen LogP contribution in [0.15, 0.2) is 28.7 Å². The van der Waals surface area contributed by atoms with E-state index in [0.29, 0.717) is 6.04 Å². The molecule has 1 aliphatic rings. The quantitative estimate of drug-likeness (QED) is 0.855. The fourth-order valence-electron chi connectivity index (χ4n) is 2.05. The molecule has 76 valence electrons. The fourth-order valence-corrected chi connectivity index (χ4v) is 2.31. The van der Waals surface area contributed by atoms with Gasteiger partial charge >= 0.3 is 0 Å². The molecule has 2 unspecified atom stereocenters. The Morgan fingerprint density at radius 2 is 2.07 bits per heavy atom. The predicted octanol–water partition coefficient (Wildman–Crippen LogP) is 2.99. The number of benzene rings is 1. The van der Waals surface area contributed by atoms with Gasteiger partial charge in [0.15, 0.2) is 0 Å². The lowest BCUT2D eigenvalue weighted by atomic mass is 9.96. The molecule has 0 amide bonds. The Morgan fingerprint density at radius 1 is 1.36 bits per heavy atom. The summed E-state index contributed by atoms with van der Waals surface area (Å²) in [7, 11) is 0. The van der Waals surface area contributed by atoms with Crippen LogP contribution in [-0.2, 0) is 6.42 Å². The number of nitrogens with one attached hydrogen (secondary N) is 1. The molecule has 0 spiro atoms. The summed E-state index contributed by atoms with van der Waals surface area (Å²) in [5.74, 6) is 0.818. The number of hydrogen-bond donors (Lipinski definition) is 1. The van der Waals surface area contributed by atoms with Crippen molar-refractivity contribution in [1.82, 2.24) is 5.32 Å². The van der Waals surface area contributed by atoms with Crippen LogP contribution in [0, 0.1) is 5.92 Å². The molecule has 1 saturated heterocycles. The molecule has 0 bridgehead atoms. The molecule has 1 nitrogen and oxygen atoms in total. The van der Waals surface area contributed by atoms with Crippen molar-refractivity contribution in [2.45, 2.75) is 25.8 Å². The van der Waals surface area contributed by atoms with Crippen LogP contribution in [0.4, 0.5) is 0 Å². The zero-order valence-corrected chi connectivity index (χ0v) is 10.0. The average molecular weight is 254 g/mol. The van der Waals surface area contributed by atoms with Gasteiger partial charge in [0.1, 0.15) is 0 Å². The molecule has 14 heavy (non-hydrogen) atoms. The number of halogens is 1. The lowest BCUT2D eigenvalue weighted by molar-refractivity contribution is 0.480. The molecule has 0 radical (unpaired) electrons. The van der Waals surface area contributed by atoms with Crippen LogP contribution in [0.3, 0.4) is 0 Å². The minimum atomic E-state index is 0.677. The molecule has 0 saturated carbocycles. The van der Waals surface area contributed by atoms with E-state index in [2.05, 4.69) is 52.4 Å². The highest BCUT2D eigenvalue weighted by Crippen LogP contribution is 2.19. The molecule has 0 aliphatic carbocycles. The smallest absolute Gasteiger partial charge is 0.0175 e. The van der Waals surface area contributed by atoms with Crippen LogP contribution >= 0.6 is 15.9 Å². The Hall–Kier alpha value is -0.340. The Balaban J connectivity index is 2.00. The monoisotopic (exact) mass is 253 g/mol. The highest BCUT2D eigenvalue weighted by Gasteiger charge is 2.22. The maximum atomic E-state index is 3.56. The highest BCUT2D eigenvalue weighted by atomic mass is 79.9. The normalized spacial score (nSPS) is 26.7. The fraction of sp³-hybridized carbons (Fsp3) is 0.500. The van der Waals surface area contributed by atoms with Crippen LogP contribution in [0.1, 0.15) is 18.9 Å². The second-order valence-electron chi connectivity index (χ2n) is 4.16. The van der Waals surface area contributed by atoms with Crippen molar-refractivity contribution in [3.05, 3.63) is 34.3 Å². The van der Waals surface area contributed by atoms with Gasteiger partial charge in [0.2, 0.25) is 0 Å². The Labute approximate surface area is 94.0 Å². The van der Waals surface area contributed by atoms with Crippen molar-refractivity contribution in [1.29, 1.82) is 0 Å².